The van der Waals surface area contributed by atoms with Gasteiger partial charge in [0.15, 0.2) is 0 Å². The lowest BCUT2D eigenvalue weighted by molar-refractivity contribution is -0.138. The zero-order chi connectivity index (χ0) is 12.6. The quantitative estimate of drug-likeness (QED) is 0.661. The Labute approximate surface area is 94.5 Å². The van der Waals surface area contributed by atoms with Gasteiger partial charge < -0.3 is 0 Å². The average molecular weight is 230 g/mol. The van der Waals surface area contributed by atoms with Crippen LogP contribution in [-0.4, -0.2) is 0 Å². The molecule has 90 valence electrons. The first-order chi connectivity index (χ1) is 7.09. The predicted molar refractivity (Wildman–Crippen MR) is 59.3 cm³/mol. The molecular weight excluding hydrogens is 213 g/mol. The van der Waals surface area contributed by atoms with Gasteiger partial charge in [0.05, 0.1) is 5.56 Å². The molecule has 1 rings (SSSR count). The van der Waals surface area contributed by atoms with E-state index in [-0.39, 0.29) is 5.41 Å². The van der Waals surface area contributed by atoms with Crippen LogP contribution in [0.2, 0.25) is 0 Å². The largest absolute Gasteiger partial charge is 0.416 e. The Morgan fingerprint density at radius 2 is 1.62 bits per heavy atom. The lowest BCUT2D eigenvalue weighted by Crippen LogP contribution is -2.15. The molecule has 0 N–H and O–H groups in total. The minimum atomic E-state index is -4.26. The Morgan fingerprint density at radius 3 is 2.06 bits per heavy atom. The number of hydrogen-bond acceptors (Lipinski definition) is 0. The van der Waals surface area contributed by atoms with Crippen LogP contribution < -0.4 is 0 Å². The van der Waals surface area contributed by atoms with E-state index >= 15 is 0 Å². The summed E-state index contributed by atoms with van der Waals surface area (Å²) in [7, 11) is 0. The van der Waals surface area contributed by atoms with Crippen LogP contribution in [0.5, 0.6) is 0 Å². The van der Waals surface area contributed by atoms with Gasteiger partial charge in [-0.05, 0) is 30.4 Å². The number of rotatable bonds is 1. The van der Waals surface area contributed by atoms with Crippen molar-refractivity contribution in [3.63, 3.8) is 0 Å². The highest BCUT2D eigenvalue weighted by Crippen LogP contribution is 2.35. The third kappa shape index (κ3) is 3.54. The Hall–Kier alpha value is -0.990. The fraction of sp³-hybridized carbons (Fsp3) is 0.538. The standard InChI is InChI=1S/C13H17F3/c1-9-5-6-11(13(14,15)16)10(7-9)8-12(2,3)4/h5-7H,8H2,1-4H3. The van der Waals surface area contributed by atoms with Crippen LogP contribution in [0.3, 0.4) is 0 Å². The predicted octanol–water partition coefficient (Wildman–Crippen LogP) is 4.60. The highest BCUT2D eigenvalue weighted by Gasteiger charge is 2.33. The lowest BCUT2D eigenvalue weighted by Gasteiger charge is -2.21. The van der Waals surface area contributed by atoms with E-state index in [1.165, 1.54) is 12.1 Å². The Kier molecular flexibility index (Phi) is 3.36. The van der Waals surface area contributed by atoms with Gasteiger partial charge in [0.2, 0.25) is 0 Å². The third-order valence-corrected chi connectivity index (χ3v) is 2.29. The van der Waals surface area contributed by atoms with Crippen molar-refractivity contribution in [2.45, 2.75) is 40.3 Å². The highest BCUT2D eigenvalue weighted by atomic mass is 19.4. The SMILES string of the molecule is Cc1ccc(C(F)(F)F)c(CC(C)(C)C)c1. The van der Waals surface area contributed by atoms with Gasteiger partial charge in [-0.25, -0.2) is 0 Å². The first-order valence-electron chi connectivity index (χ1n) is 5.26. The van der Waals surface area contributed by atoms with Crippen LogP contribution >= 0.6 is 0 Å². The van der Waals surface area contributed by atoms with E-state index in [0.29, 0.717) is 12.0 Å². The molecule has 0 saturated carbocycles. The van der Waals surface area contributed by atoms with Gasteiger partial charge in [-0.3, -0.25) is 0 Å². The van der Waals surface area contributed by atoms with Crippen molar-refractivity contribution in [1.29, 1.82) is 0 Å². The molecule has 0 saturated heterocycles. The van der Waals surface area contributed by atoms with Gasteiger partial charge in [0.1, 0.15) is 0 Å². The number of benzene rings is 1. The van der Waals surface area contributed by atoms with Gasteiger partial charge in [0, 0.05) is 0 Å². The maximum absolute atomic E-state index is 12.8. The Balaban J connectivity index is 3.19. The molecule has 0 unspecified atom stereocenters. The fourth-order valence-electron chi connectivity index (χ4n) is 1.72. The van der Waals surface area contributed by atoms with Crippen LogP contribution in [-0.2, 0) is 12.6 Å². The molecule has 0 heterocycles. The second-order valence-electron chi connectivity index (χ2n) is 5.40. The van der Waals surface area contributed by atoms with Crippen molar-refractivity contribution in [3.8, 4) is 0 Å². The van der Waals surface area contributed by atoms with Gasteiger partial charge in [-0.2, -0.15) is 13.2 Å². The zero-order valence-corrected chi connectivity index (χ0v) is 10.1. The van der Waals surface area contributed by atoms with Crippen LogP contribution in [0, 0.1) is 12.3 Å². The van der Waals surface area contributed by atoms with Crippen molar-refractivity contribution in [2.75, 3.05) is 0 Å². The fourth-order valence-corrected chi connectivity index (χ4v) is 1.72. The van der Waals surface area contributed by atoms with E-state index in [0.717, 1.165) is 5.56 Å². The summed E-state index contributed by atoms with van der Waals surface area (Å²) >= 11 is 0. The first kappa shape index (κ1) is 13.1. The molecule has 3 heteroatoms. The second kappa shape index (κ2) is 4.11. The molecule has 0 atom stereocenters. The molecule has 1 aromatic carbocycles. The van der Waals surface area contributed by atoms with Gasteiger partial charge >= 0.3 is 6.18 Å². The molecule has 0 aliphatic rings. The van der Waals surface area contributed by atoms with Crippen molar-refractivity contribution in [1.82, 2.24) is 0 Å². The summed E-state index contributed by atoms with van der Waals surface area (Å²) < 4.78 is 38.3. The molecule has 0 amide bonds. The molecule has 0 fully saturated rings. The highest BCUT2D eigenvalue weighted by molar-refractivity contribution is 5.34. The molecule has 0 aliphatic carbocycles. The maximum Gasteiger partial charge on any atom is 0.416 e. The molecule has 0 aliphatic heterocycles. The number of hydrogen-bond donors (Lipinski definition) is 0. The van der Waals surface area contributed by atoms with Gasteiger partial charge in [-0.15, -0.1) is 0 Å². The molecule has 0 aromatic heterocycles. The smallest absolute Gasteiger partial charge is 0.166 e. The minimum Gasteiger partial charge on any atom is -0.166 e. The Bertz CT molecular complexity index is 370. The van der Waals surface area contributed by atoms with E-state index in [9.17, 15) is 13.2 Å². The monoisotopic (exact) mass is 230 g/mol. The van der Waals surface area contributed by atoms with E-state index in [4.69, 9.17) is 0 Å². The normalized spacial score (nSPS) is 12.9. The number of halogens is 3. The van der Waals surface area contributed by atoms with Crippen molar-refractivity contribution in [3.05, 3.63) is 34.9 Å². The maximum atomic E-state index is 12.8. The molecule has 0 nitrogen and oxygen atoms in total. The average Bonchev–Trinajstić information content (AvgIpc) is 1.97. The lowest BCUT2D eigenvalue weighted by atomic mass is 9.85. The van der Waals surface area contributed by atoms with Crippen molar-refractivity contribution in [2.24, 2.45) is 5.41 Å². The summed E-state index contributed by atoms with van der Waals surface area (Å²) in [4.78, 5) is 0. The summed E-state index contributed by atoms with van der Waals surface area (Å²) in [6.45, 7) is 7.63. The van der Waals surface area contributed by atoms with Crippen LogP contribution in [0.1, 0.15) is 37.5 Å². The van der Waals surface area contributed by atoms with Gasteiger partial charge in [0.25, 0.3) is 0 Å². The van der Waals surface area contributed by atoms with E-state index in [2.05, 4.69) is 0 Å². The van der Waals surface area contributed by atoms with E-state index < -0.39 is 11.7 Å². The van der Waals surface area contributed by atoms with E-state index in [1.54, 1.807) is 6.07 Å². The minimum absolute atomic E-state index is 0.145. The third-order valence-electron chi connectivity index (χ3n) is 2.29. The van der Waals surface area contributed by atoms with Crippen LogP contribution in [0.25, 0.3) is 0 Å². The number of aryl methyl sites for hydroxylation is 1. The summed E-state index contributed by atoms with van der Waals surface area (Å²) in [5.74, 6) is 0. The van der Waals surface area contributed by atoms with E-state index in [1.807, 2.05) is 27.7 Å². The summed E-state index contributed by atoms with van der Waals surface area (Å²) in [6.07, 6.45) is -3.82. The molecule has 1 aromatic rings. The first-order valence-corrected chi connectivity index (χ1v) is 5.26. The van der Waals surface area contributed by atoms with Crippen molar-refractivity contribution < 1.29 is 13.2 Å². The van der Waals surface area contributed by atoms with Crippen LogP contribution in [0.15, 0.2) is 18.2 Å². The summed E-state index contributed by atoms with van der Waals surface area (Å²) in [5.41, 5.74) is 0.605. The van der Waals surface area contributed by atoms with Crippen LogP contribution in [0.4, 0.5) is 13.2 Å². The Morgan fingerprint density at radius 1 is 1.06 bits per heavy atom. The summed E-state index contributed by atoms with van der Waals surface area (Å²) in [5, 5.41) is 0. The second-order valence-corrected chi connectivity index (χ2v) is 5.40. The molecular formula is C13H17F3. The molecule has 0 radical (unpaired) electrons. The zero-order valence-electron chi connectivity index (χ0n) is 10.1. The molecule has 16 heavy (non-hydrogen) atoms. The molecule has 0 spiro atoms. The summed E-state index contributed by atoms with van der Waals surface area (Å²) in [6, 6.07) is 4.32. The topological polar surface area (TPSA) is 0 Å². The number of alkyl halides is 3. The molecule has 0 bridgehead atoms. The van der Waals surface area contributed by atoms with Gasteiger partial charge in [-0.1, -0.05) is 38.5 Å². The van der Waals surface area contributed by atoms with Crippen molar-refractivity contribution >= 4 is 0 Å².